The molecular weight excluding hydrogens is 230 g/mol. The molecule has 0 atom stereocenters. The van der Waals surface area contributed by atoms with E-state index < -0.39 is 0 Å². The highest BCUT2D eigenvalue weighted by Crippen LogP contribution is 1.98. The topological polar surface area (TPSA) is 85.8 Å². The molecular formula is C12H15N5O. The minimum absolute atomic E-state index is 0.124. The van der Waals surface area contributed by atoms with Gasteiger partial charge in [-0.05, 0) is 25.1 Å². The van der Waals surface area contributed by atoms with E-state index in [0.717, 1.165) is 11.4 Å². The monoisotopic (exact) mass is 245 g/mol. The Kier molecular flexibility index (Phi) is 3.57. The molecule has 1 amide bonds. The van der Waals surface area contributed by atoms with E-state index in [4.69, 9.17) is 5.73 Å². The number of nitrogen functional groups attached to an aromatic ring is 1. The molecule has 0 fully saturated rings. The maximum atomic E-state index is 11.6. The molecule has 0 unspecified atom stereocenters. The first kappa shape index (κ1) is 12.1. The second kappa shape index (κ2) is 5.31. The molecule has 2 aromatic rings. The highest BCUT2D eigenvalue weighted by molar-refractivity contribution is 5.75. The number of rotatable bonds is 4. The lowest BCUT2D eigenvalue weighted by atomic mass is 10.3. The zero-order valence-electron chi connectivity index (χ0n) is 10.1. The molecule has 18 heavy (non-hydrogen) atoms. The summed E-state index contributed by atoms with van der Waals surface area (Å²) in [6.07, 6.45) is 1.67. The van der Waals surface area contributed by atoms with Crippen LogP contribution in [0.25, 0.3) is 0 Å². The van der Waals surface area contributed by atoms with Gasteiger partial charge in [-0.2, -0.15) is 5.10 Å². The minimum Gasteiger partial charge on any atom is -0.382 e. The van der Waals surface area contributed by atoms with Crippen molar-refractivity contribution in [2.24, 2.45) is 0 Å². The highest BCUT2D eigenvalue weighted by Gasteiger charge is 2.04. The Balaban J connectivity index is 1.85. The third kappa shape index (κ3) is 3.31. The fourth-order valence-electron chi connectivity index (χ4n) is 1.56. The molecule has 2 aromatic heterocycles. The van der Waals surface area contributed by atoms with Crippen molar-refractivity contribution in [3.63, 3.8) is 0 Å². The lowest BCUT2D eigenvalue weighted by Crippen LogP contribution is -2.27. The Labute approximate surface area is 105 Å². The molecule has 0 aliphatic carbocycles. The van der Waals surface area contributed by atoms with Gasteiger partial charge < -0.3 is 11.1 Å². The minimum atomic E-state index is -0.124. The molecule has 6 heteroatoms. The summed E-state index contributed by atoms with van der Waals surface area (Å²) in [6.45, 7) is 2.48. The number of nitrogens with one attached hydrogen (secondary N) is 1. The number of nitrogens with zero attached hydrogens (tertiary/aromatic N) is 3. The van der Waals surface area contributed by atoms with Crippen LogP contribution in [0, 0.1) is 6.92 Å². The molecule has 94 valence electrons. The van der Waals surface area contributed by atoms with Gasteiger partial charge in [0.15, 0.2) is 0 Å². The summed E-state index contributed by atoms with van der Waals surface area (Å²) in [5.41, 5.74) is 7.23. The van der Waals surface area contributed by atoms with Crippen molar-refractivity contribution < 1.29 is 4.79 Å². The zero-order valence-corrected chi connectivity index (χ0v) is 10.1. The molecule has 0 aromatic carbocycles. The Hall–Kier alpha value is -2.37. The maximum absolute atomic E-state index is 11.6. The van der Waals surface area contributed by atoms with E-state index in [-0.39, 0.29) is 12.5 Å². The first-order chi connectivity index (χ1) is 8.63. The standard InChI is InChI=1S/C12H15N5O/c1-9-3-2-4-10(15-9)7-14-12(18)8-17-6-5-11(13)16-17/h2-6H,7-8H2,1H3,(H2,13,16)(H,14,18). The van der Waals surface area contributed by atoms with Crippen molar-refractivity contribution in [3.05, 3.63) is 41.9 Å². The van der Waals surface area contributed by atoms with Crippen molar-refractivity contribution in [1.29, 1.82) is 0 Å². The van der Waals surface area contributed by atoms with Crippen LogP contribution >= 0.6 is 0 Å². The number of pyridine rings is 1. The predicted octanol–water partition coefficient (Wildman–Crippen LogP) is 0.485. The number of amides is 1. The Bertz CT molecular complexity index is 549. The van der Waals surface area contributed by atoms with Crippen molar-refractivity contribution in [3.8, 4) is 0 Å². The van der Waals surface area contributed by atoms with Crippen LogP contribution in [0.15, 0.2) is 30.5 Å². The van der Waals surface area contributed by atoms with Gasteiger partial charge in [-0.1, -0.05) is 6.07 Å². The average molecular weight is 245 g/mol. The number of aryl methyl sites for hydroxylation is 1. The van der Waals surface area contributed by atoms with Crippen LogP contribution < -0.4 is 11.1 Å². The fraction of sp³-hybridized carbons (Fsp3) is 0.250. The Morgan fingerprint density at radius 3 is 2.94 bits per heavy atom. The molecule has 2 rings (SSSR count). The number of nitrogens with two attached hydrogens (primary N) is 1. The van der Waals surface area contributed by atoms with Gasteiger partial charge in [0.1, 0.15) is 12.4 Å². The fourth-order valence-corrected chi connectivity index (χ4v) is 1.56. The quantitative estimate of drug-likeness (QED) is 0.820. The predicted molar refractivity (Wildman–Crippen MR) is 67.5 cm³/mol. The van der Waals surface area contributed by atoms with E-state index in [1.165, 1.54) is 4.68 Å². The summed E-state index contributed by atoms with van der Waals surface area (Å²) in [7, 11) is 0. The summed E-state index contributed by atoms with van der Waals surface area (Å²) in [6, 6.07) is 7.35. The normalized spacial score (nSPS) is 10.3. The smallest absolute Gasteiger partial charge is 0.242 e. The average Bonchev–Trinajstić information content (AvgIpc) is 2.72. The van der Waals surface area contributed by atoms with Crippen molar-refractivity contribution in [1.82, 2.24) is 20.1 Å². The largest absolute Gasteiger partial charge is 0.382 e. The number of hydrogen-bond acceptors (Lipinski definition) is 4. The Morgan fingerprint density at radius 2 is 2.28 bits per heavy atom. The molecule has 6 nitrogen and oxygen atoms in total. The van der Waals surface area contributed by atoms with Crippen LogP contribution in [0.2, 0.25) is 0 Å². The van der Waals surface area contributed by atoms with Gasteiger partial charge in [0.25, 0.3) is 0 Å². The van der Waals surface area contributed by atoms with E-state index in [2.05, 4.69) is 15.4 Å². The maximum Gasteiger partial charge on any atom is 0.242 e. The summed E-state index contributed by atoms with van der Waals surface area (Å²) >= 11 is 0. The molecule has 0 aliphatic rings. The summed E-state index contributed by atoms with van der Waals surface area (Å²) < 4.78 is 1.49. The van der Waals surface area contributed by atoms with Crippen LogP contribution in [0.1, 0.15) is 11.4 Å². The van der Waals surface area contributed by atoms with Gasteiger partial charge in [-0.15, -0.1) is 0 Å². The molecule has 3 N–H and O–H groups in total. The number of hydrogen-bond donors (Lipinski definition) is 2. The first-order valence-corrected chi connectivity index (χ1v) is 5.61. The van der Waals surface area contributed by atoms with Crippen LogP contribution in [-0.4, -0.2) is 20.7 Å². The molecule has 0 saturated heterocycles. The van der Waals surface area contributed by atoms with Crippen molar-refractivity contribution in [2.45, 2.75) is 20.0 Å². The van der Waals surface area contributed by atoms with Gasteiger partial charge in [0.05, 0.1) is 12.2 Å². The van der Waals surface area contributed by atoms with Crippen molar-refractivity contribution >= 4 is 11.7 Å². The molecule has 0 aliphatic heterocycles. The van der Waals surface area contributed by atoms with Crippen LogP contribution in [0.4, 0.5) is 5.82 Å². The number of anilines is 1. The van der Waals surface area contributed by atoms with Crippen LogP contribution in [-0.2, 0) is 17.9 Å². The van der Waals surface area contributed by atoms with Crippen LogP contribution in [0.3, 0.4) is 0 Å². The highest BCUT2D eigenvalue weighted by atomic mass is 16.2. The summed E-state index contributed by atoms with van der Waals surface area (Å²) in [4.78, 5) is 15.9. The third-order valence-corrected chi connectivity index (χ3v) is 2.38. The molecule has 0 bridgehead atoms. The van der Waals surface area contributed by atoms with Gasteiger partial charge in [0, 0.05) is 11.9 Å². The number of carbonyl (C=O) groups is 1. The number of aromatic nitrogens is 3. The summed E-state index contributed by atoms with van der Waals surface area (Å²) in [5, 5.41) is 6.72. The van der Waals surface area contributed by atoms with Gasteiger partial charge >= 0.3 is 0 Å². The van der Waals surface area contributed by atoms with Gasteiger partial charge in [-0.25, -0.2) is 0 Å². The second-order valence-electron chi connectivity index (χ2n) is 3.99. The zero-order chi connectivity index (χ0) is 13.0. The molecule has 0 radical (unpaired) electrons. The second-order valence-corrected chi connectivity index (χ2v) is 3.99. The van der Waals surface area contributed by atoms with Crippen LogP contribution in [0.5, 0.6) is 0 Å². The molecule has 0 saturated carbocycles. The van der Waals surface area contributed by atoms with Crippen molar-refractivity contribution in [2.75, 3.05) is 5.73 Å². The van der Waals surface area contributed by atoms with E-state index >= 15 is 0 Å². The lowest BCUT2D eigenvalue weighted by molar-refractivity contribution is -0.122. The number of carbonyl (C=O) groups excluding carboxylic acids is 1. The van der Waals surface area contributed by atoms with Gasteiger partial charge in [0.2, 0.25) is 5.91 Å². The van der Waals surface area contributed by atoms with E-state index in [9.17, 15) is 4.79 Å². The third-order valence-electron chi connectivity index (χ3n) is 2.38. The van der Waals surface area contributed by atoms with E-state index in [1.54, 1.807) is 12.3 Å². The van der Waals surface area contributed by atoms with E-state index in [0.29, 0.717) is 12.4 Å². The first-order valence-electron chi connectivity index (χ1n) is 5.61. The van der Waals surface area contributed by atoms with E-state index in [1.807, 2.05) is 25.1 Å². The van der Waals surface area contributed by atoms with Gasteiger partial charge in [-0.3, -0.25) is 14.5 Å². The lowest BCUT2D eigenvalue weighted by Gasteiger charge is -2.05. The SMILES string of the molecule is Cc1cccc(CNC(=O)Cn2ccc(N)n2)n1. The summed E-state index contributed by atoms with van der Waals surface area (Å²) in [5.74, 6) is 0.282. The molecule has 2 heterocycles. The molecule has 0 spiro atoms. The Morgan fingerprint density at radius 1 is 1.44 bits per heavy atom.